The van der Waals surface area contributed by atoms with Crippen LogP contribution in [-0.2, 0) is 9.09 Å². The van der Waals surface area contributed by atoms with Gasteiger partial charge < -0.3 is 4.52 Å². The standard InChI is InChI=1S/C8H19O2PS/c1-8(2)6-4-3-5-7-10-11(9)12/h8,11H,3-7H2,1-2H3,(H,9,12). The summed E-state index contributed by atoms with van der Waals surface area (Å²) in [6.07, 6.45) is 4.69. The smallest absolute Gasteiger partial charge is 0.243 e. The van der Waals surface area contributed by atoms with E-state index in [0.29, 0.717) is 6.61 Å². The molecule has 0 heterocycles. The van der Waals surface area contributed by atoms with E-state index >= 15 is 0 Å². The molecule has 0 radical (unpaired) electrons. The maximum Gasteiger partial charge on any atom is 0.243 e. The van der Waals surface area contributed by atoms with Crippen molar-refractivity contribution in [2.24, 2.45) is 5.92 Å². The van der Waals surface area contributed by atoms with Gasteiger partial charge in [-0.1, -0.05) is 45.4 Å². The molecule has 0 spiro atoms. The largest absolute Gasteiger partial charge is 0.323 e. The SMILES string of the molecule is CC(C)CCCCCO[PH](=O)S. The maximum atomic E-state index is 10.4. The van der Waals surface area contributed by atoms with E-state index in [4.69, 9.17) is 4.52 Å². The van der Waals surface area contributed by atoms with Crippen molar-refractivity contribution >= 4 is 19.5 Å². The highest BCUT2D eigenvalue weighted by atomic mass is 32.7. The number of hydrogen-bond acceptors (Lipinski definition) is 2. The van der Waals surface area contributed by atoms with Gasteiger partial charge in [0.05, 0.1) is 6.61 Å². The van der Waals surface area contributed by atoms with Crippen LogP contribution >= 0.6 is 19.5 Å². The monoisotopic (exact) mass is 210 g/mol. The lowest BCUT2D eigenvalue weighted by atomic mass is 10.1. The van der Waals surface area contributed by atoms with Crippen LogP contribution in [0.1, 0.15) is 39.5 Å². The molecule has 0 saturated heterocycles. The third kappa shape index (κ3) is 10.5. The van der Waals surface area contributed by atoms with E-state index in [9.17, 15) is 4.57 Å². The molecule has 0 saturated carbocycles. The fraction of sp³-hybridized carbons (Fsp3) is 1.00. The molecule has 4 heteroatoms. The Balaban J connectivity index is 2.96. The molecular weight excluding hydrogens is 191 g/mol. The highest BCUT2D eigenvalue weighted by molar-refractivity contribution is 8.39. The lowest BCUT2D eigenvalue weighted by Gasteiger charge is -2.03. The summed E-state index contributed by atoms with van der Waals surface area (Å²) in [7, 11) is -1.99. The average Bonchev–Trinajstić information content (AvgIpc) is 1.95. The van der Waals surface area contributed by atoms with Crippen LogP contribution in [0.25, 0.3) is 0 Å². The fourth-order valence-corrected chi connectivity index (χ4v) is 1.58. The van der Waals surface area contributed by atoms with Gasteiger partial charge in [0.15, 0.2) is 0 Å². The number of hydrogen-bond donors (Lipinski definition) is 1. The Morgan fingerprint density at radius 2 is 2.00 bits per heavy atom. The quantitative estimate of drug-likeness (QED) is 0.395. The molecule has 0 aliphatic heterocycles. The van der Waals surface area contributed by atoms with Crippen molar-refractivity contribution in [3.8, 4) is 0 Å². The third-order valence-electron chi connectivity index (χ3n) is 1.65. The molecule has 0 fully saturated rings. The average molecular weight is 210 g/mol. The summed E-state index contributed by atoms with van der Waals surface area (Å²) >= 11 is 3.68. The lowest BCUT2D eigenvalue weighted by Crippen LogP contribution is -1.89. The molecule has 74 valence electrons. The van der Waals surface area contributed by atoms with Crippen LogP contribution in [0.4, 0.5) is 0 Å². The van der Waals surface area contributed by atoms with Crippen molar-refractivity contribution in [3.05, 3.63) is 0 Å². The van der Waals surface area contributed by atoms with Crippen LogP contribution in [0, 0.1) is 5.92 Å². The molecule has 0 aliphatic carbocycles. The minimum Gasteiger partial charge on any atom is -0.323 e. The Kier molecular flexibility index (Phi) is 8.52. The zero-order valence-corrected chi connectivity index (χ0v) is 9.77. The second kappa shape index (κ2) is 8.15. The number of thiol groups is 1. The summed E-state index contributed by atoms with van der Waals surface area (Å²) < 4.78 is 15.3. The Hall–Kier alpha value is 0.540. The van der Waals surface area contributed by atoms with E-state index in [-0.39, 0.29) is 0 Å². The van der Waals surface area contributed by atoms with Gasteiger partial charge >= 0.3 is 0 Å². The Bertz CT molecular complexity index is 128. The summed E-state index contributed by atoms with van der Waals surface area (Å²) in [5, 5.41) is 0. The zero-order chi connectivity index (χ0) is 9.40. The van der Waals surface area contributed by atoms with Gasteiger partial charge in [0.1, 0.15) is 0 Å². The molecule has 0 aromatic heterocycles. The normalized spacial score (nSPS) is 13.7. The van der Waals surface area contributed by atoms with Gasteiger partial charge in [-0.3, -0.25) is 4.57 Å². The topological polar surface area (TPSA) is 26.3 Å². The van der Waals surface area contributed by atoms with Crippen LogP contribution in [0.5, 0.6) is 0 Å². The predicted octanol–water partition coefficient (Wildman–Crippen LogP) is 3.54. The fourth-order valence-electron chi connectivity index (χ4n) is 0.991. The first kappa shape index (κ1) is 12.5. The second-order valence-corrected chi connectivity index (χ2v) is 5.27. The minimum absolute atomic E-state index is 0.597. The van der Waals surface area contributed by atoms with Crippen molar-refractivity contribution < 1.29 is 9.09 Å². The van der Waals surface area contributed by atoms with Gasteiger partial charge in [0.25, 0.3) is 0 Å². The van der Waals surface area contributed by atoms with Crippen LogP contribution < -0.4 is 0 Å². The molecule has 0 aliphatic rings. The van der Waals surface area contributed by atoms with Crippen molar-refractivity contribution in [2.45, 2.75) is 39.5 Å². The van der Waals surface area contributed by atoms with E-state index < -0.39 is 7.23 Å². The minimum atomic E-state index is -1.99. The first-order valence-corrected chi connectivity index (χ1v) is 7.09. The molecule has 0 bridgehead atoms. The third-order valence-corrected chi connectivity index (χ3v) is 2.49. The van der Waals surface area contributed by atoms with Gasteiger partial charge in [-0.25, -0.2) is 0 Å². The first-order chi connectivity index (χ1) is 5.63. The van der Waals surface area contributed by atoms with Crippen LogP contribution in [0.3, 0.4) is 0 Å². The number of rotatable bonds is 7. The molecule has 1 unspecified atom stereocenters. The van der Waals surface area contributed by atoms with Crippen molar-refractivity contribution in [3.63, 3.8) is 0 Å². The Morgan fingerprint density at radius 3 is 2.50 bits per heavy atom. The molecule has 0 rings (SSSR count). The van der Waals surface area contributed by atoms with E-state index in [1.165, 1.54) is 19.3 Å². The van der Waals surface area contributed by atoms with Crippen LogP contribution in [0.15, 0.2) is 0 Å². The molecular formula is C8H19O2PS. The molecule has 12 heavy (non-hydrogen) atoms. The van der Waals surface area contributed by atoms with Gasteiger partial charge in [0.2, 0.25) is 7.23 Å². The molecule has 2 nitrogen and oxygen atoms in total. The summed E-state index contributed by atoms with van der Waals surface area (Å²) in [4.78, 5) is 0. The van der Waals surface area contributed by atoms with Gasteiger partial charge in [-0.2, -0.15) is 0 Å². The Morgan fingerprint density at radius 1 is 1.33 bits per heavy atom. The van der Waals surface area contributed by atoms with E-state index in [0.717, 1.165) is 12.3 Å². The Labute approximate surface area is 81.1 Å². The van der Waals surface area contributed by atoms with E-state index in [1.807, 2.05) is 0 Å². The van der Waals surface area contributed by atoms with E-state index in [2.05, 4.69) is 26.1 Å². The van der Waals surface area contributed by atoms with Gasteiger partial charge in [-0.15, -0.1) is 0 Å². The molecule has 0 N–H and O–H groups in total. The van der Waals surface area contributed by atoms with Crippen LogP contribution in [0.2, 0.25) is 0 Å². The van der Waals surface area contributed by atoms with Crippen molar-refractivity contribution in [2.75, 3.05) is 6.61 Å². The van der Waals surface area contributed by atoms with Crippen molar-refractivity contribution in [1.82, 2.24) is 0 Å². The van der Waals surface area contributed by atoms with Crippen LogP contribution in [-0.4, -0.2) is 6.61 Å². The van der Waals surface area contributed by atoms with Gasteiger partial charge in [-0.05, 0) is 12.3 Å². The summed E-state index contributed by atoms with van der Waals surface area (Å²) in [6, 6.07) is 0. The lowest BCUT2D eigenvalue weighted by molar-refractivity contribution is 0.323. The first-order valence-electron chi connectivity index (χ1n) is 4.48. The van der Waals surface area contributed by atoms with E-state index in [1.54, 1.807) is 0 Å². The molecule has 1 atom stereocenters. The maximum absolute atomic E-state index is 10.4. The second-order valence-electron chi connectivity index (χ2n) is 3.36. The number of unbranched alkanes of at least 4 members (excludes halogenated alkanes) is 2. The molecule has 0 aromatic carbocycles. The molecule has 0 aromatic rings. The summed E-state index contributed by atoms with van der Waals surface area (Å²) in [6.45, 7) is 5.05. The van der Waals surface area contributed by atoms with Gasteiger partial charge in [0, 0.05) is 0 Å². The van der Waals surface area contributed by atoms with Crippen molar-refractivity contribution in [1.29, 1.82) is 0 Å². The predicted molar refractivity (Wildman–Crippen MR) is 57.2 cm³/mol. The summed E-state index contributed by atoms with van der Waals surface area (Å²) in [5.74, 6) is 0.787. The highest BCUT2D eigenvalue weighted by Crippen LogP contribution is 2.26. The summed E-state index contributed by atoms with van der Waals surface area (Å²) in [5.41, 5.74) is 0. The molecule has 0 amide bonds. The zero-order valence-electron chi connectivity index (χ0n) is 7.88. The highest BCUT2D eigenvalue weighted by Gasteiger charge is 1.95.